The van der Waals surface area contributed by atoms with Crippen molar-refractivity contribution in [3.63, 3.8) is 0 Å². The lowest BCUT2D eigenvalue weighted by Crippen LogP contribution is -2.28. The Morgan fingerprint density at radius 3 is 2.83 bits per heavy atom. The Bertz CT molecular complexity index is 675. The maximum absolute atomic E-state index is 12.5. The number of nitrogens with zero attached hydrogens (tertiary/aromatic N) is 2. The molecule has 1 aromatic heterocycles. The van der Waals surface area contributed by atoms with Gasteiger partial charge in [-0.2, -0.15) is 13.9 Å². The predicted molar refractivity (Wildman–Crippen MR) is 88.8 cm³/mol. The summed E-state index contributed by atoms with van der Waals surface area (Å²) in [5.41, 5.74) is 2.03. The van der Waals surface area contributed by atoms with Crippen LogP contribution in [0.4, 0.5) is 14.5 Å². The summed E-state index contributed by atoms with van der Waals surface area (Å²) < 4.78 is 31.2. The van der Waals surface area contributed by atoms with Crippen LogP contribution in [0.3, 0.4) is 0 Å². The Morgan fingerprint density at radius 2 is 2.17 bits per heavy atom. The fraction of sp³-hybridized carbons (Fsp3) is 0.333. The third-order valence-corrected chi connectivity index (χ3v) is 3.30. The Balaban J connectivity index is 1.96. The monoisotopic (exact) mass is 340 g/mol. The van der Waals surface area contributed by atoms with E-state index in [1.807, 2.05) is 23.9 Å². The van der Waals surface area contributed by atoms with E-state index >= 15 is 0 Å². The van der Waals surface area contributed by atoms with Crippen LogP contribution in [0, 0.1) is 6.92 Å². The number of hydrogen-bond donors (Lipinski definition) is 2. The number of rotatable bonds is 6. The fourth-order valence-electron chi connectivity index (χ4n) is 1.94. The summed E-state index contributed by atoms with van der Waals surface area (Å²) in [4.78, 5) is 0. The first-order chi connectivity index (χ1) is 11.0. The number of halogens is 2. The van der Waals surface area contributed by atoms with Gasteiger partial charge in [-0.3, -0.25) is 4.68 Å². The smallest absolute Gasteiger partial charge is 0.387 e. The minimum absolute atomic E-state index is 0.0550. The molecule has 124 valence electrons. The quantitative estimate of drug-likeness (QED) is 0.790. The van der Waals surface area contributed by atoms with Crippen molar-refractivity contribution >= 4 is 23.0 Å². The molecule has 8 heteroatoms. The van der Waals surface area contributed by atoms with Crippen molar-refractivity contribution in [3.05, 3.63) is 41.7 Å². The molecule has 0 unspecified atom stereocenters. The highest BCUT2D eigenvalue weighted by atomic mass is 32.1. The van der Waals surface area contributed by atoms with E-state index < -0.39 is 6.61 Å². The third kappa shape index (κ3) is 5.17. The Hall–Kier alpha value is -2.22. The van der Waals surface area contributed by atoms with Gasteiger partial charge in [0.15, 0.2) is 5.11 Å². The van der Waals surface area contributed by atoms with E-state index in [4.69, 9.17) is 12.2 Å². The summed E-state index contributed by atoms with van der Waals surface area (Å²) in [5.74, 6) is 0.0550. The van der Waals surface area contributed by atoms with Crippen LogP contribution in [0.1, 0.15) is 18.2 Å². The highest BCUT2D eigenvalue weighted by molar-refractivity contribution is 7.80. The molecule has 0 fully saturated rings. The van der Waals surface area contributed by atoms with Crippen LogP contribution in [0.25, 0.3) is 0 Å². The molecule has 0 amide bonds. The average Bonchev–Trinajstić information content (AvgIpc) is 2.95. The molecule has 0 aliphatic heterocycles. The van der Waals surface area contributed by atoms with Crippen LogP contribution in [-0.2, 0) is 13.1 Å². The van der Waals surface area contributed by atoms with Crippen molar-refractivity contribution in [2.24, 2.45) is 0 Å². The van der Waals surface area contributed by atoms with Crippen LogP contribution in [0.5, 0.6) is 5.75 Å². The van der Waals surface area contributed by atoms with E-state index in [9.17, 15) is 8.78 Å². The molecule has 2 rings (SSSR count). The van der Waals surface area contributed by atoms with E-state index in [2.05, 4.69) is 20.5 Å². The molecule has 1 aromatic carbocycles. The number of thiocarbonyl (C=S) groups is 1. The van der Waals surface area contributed by atoms with Crippen molar-refractivity contribution in [1.82, 2.24) is 15.1 Å². The van der Waals surface area contributed by atoms with E-state index in [0.717, 1.165) is 17.8 Å². The summed E-state index contributed by atoms with van der Waals surface area (Å²) in [6.07, 6.45) is 1.88. The number of aromatic nitrogens is 2. The summed E-state index contributed by atoms with van der Waals surface area (Å²) in [6.45, 7) is 2.13. The number of alkyl halides is 2. The zero-order valence-corrected chi connectivity index (χ0v) is 13.7. The van der Waals surface area contributed by atoms with Crippen molar-refractivity contribution in [1.29, 1.82) is 0 Å². The fourth-order valence-corrected chi connectivity index (χ4v) is 2.12. The second-order valence-corrected chi connectivity index (χ2v) is 5.26. The Morgan fingerprint density at radius 1 is 1.39 bits per heavy atom. The first-order valence-electron chi connectivity index (χ1n) is 7.10. The Kier molecular flexibility index (Phi) is 5.86. The number of aryl methyl sites for hydroxylation is 2. The van der Waals surface area contributed by atoms with E-state index in [-0.39, 0.29) is 5.75 Å². The lowest BCUT2D eigenvalue weighted by atomic mass is 10.2. The van der Waals surface area contributed by atoms with E-state index in [1.165, 1.54) is 6.07 Å². The van der Waals surface area contributed by atoms with Crippen LogP contribution >= 0.6 is 12.2 Å². The van der Waals surface area contributed by atoms with Gasteiger partial charge in [-0.1, -0.05) is 6.07 Å². The molecule has 2 aromatic rings. The molecule has 1 heterocycles. The third-order valence-electron chi connectivity index (χ3n) is 3.05. The highest BCUT2D eigenvalue weighted by Gasteiger charge is 2.11. The summed E-state index contributed by atoms with van der Waals surface area (Å²) in [7, 11) is 0. The number of benzene rings is 1. The Labute approximate surface area is 138 Å². The van der Waals surface area contributed by atoms with Crippen molar-refractivity contribution in [2.45, 2.75) is 33.5 Å². The predicted octanol–water partition coefficient (Wildman–Crippen LogP) is 3.30. The molecule has 0 saturated carbocycles. The van der Waals surface area contributed by atoms with Crippen molar-refractivity contribution in [2.75, 3.05) is 5.32 Å². The highest BCUT2D eigenvalue weighted by Crippen LogP contribution is 2.27. The molecule has 0 saturated heterocycles. The SMILES string of the molecule is CCn1ccc(CNC(=S)Nc2ccc(C)cc2OC(F)F)n1. The topological polar surface area (TPSA) is 51.1 Å². The van der Waals surface area contributed by atoms with Crippen LogP contribution in [-0.4, -0.2) is 21.5 Å². The number of ether oxygens (including phenoxy) is 1. The lowest BCUT2D eigenvalue weighted by molar-refractivity contribution is -0.0493. The molecule has 0 aliphatic rings. The zero-order chi connectivity index (χ0) is 16.8. The first-order valence-corrected chi connectivity index (χ1v) is 7.51. The average molecular weight is 340 g/mol. The zero-order valence-electron chi connectivity index (χ0n) is 12.8. The molecule has 0 aliphatic carbocycles. The molecule has 0 bridgehead atoms. The second-order valence-electron chi connectivity index (χ2n) is 4.85. The standard InChI is InChI=1S/C15H18F2N4OS/c1-3-21-7-6-11(20-21)9-18-15(23)19-12-5-4-10(2)8-13(12)22-14(16)17/h4-8,14H,3,9H2,1-2H3,(H2,18,19,23). The number of nitrogens with one attached hydrogen (secondary N) is 2. The van der Waals surface area contributed by atoms with Gasteiger partial charge in [-0.15, -0.1) is 0 Å². The van der Waals surface area contributed by atoms with Gasteiger partial charge in [-0.25, -0.2) is 0 Å². The molecule has 0 radical (unpaired) electrons. The van der Waals surface area contributed by atoms with E-state index in [0.29, 0.717) is 17.3 Å². The van der Waals surface area contributed by atoms with Gasteiger partial charge < -0.3 is 15.4 Å². The summed E-state index contributed by atoms with van der Waals surface area (Å²) in [5, 5.41) is 10.5. The summed E-state index contributed by atoms with van der Waals surface area (Å²) in [6, 6.07) is 6.84. The lowest BCUT2D eigenvalue weighted by Gasteiger charge is -2.14. The van der Waals surface area contributed by atoms with Gasteiger partial charge in [0.2, 0.25) is 0 Å². The van der Waals surface area contributed by atoms with Crippen molar-refractivity contribution < 1.29 is 13.5 Å². The molecular formula is C15H18F2N4OS. The first kappa shape index (κ1) is 17.1. The van der Waals surface area contributed by atoms with Gasteiger partial charge >= 0.3 is 6.61 Å². The summed E-state index contributed by atoms with van der Waals surface area (Å²) >= 11 is 5.18. The molecule has 5 nitrogen and oxygen atoms in total. The van der Waals surface area contributed by atoms with Crippen LogP contribution < -0.4 is 15.4 Å². The van der Waals surface area contributed by atoms with Gasteiger partial charge in [0, 0.05) is 12.7 Å². The van der Waals surface area contributed by atoms with Crippen molar-refractivity contribution in [3.8, 4) is 5.75 Å². The molecule has 23 heavy (non-hydrogen) atoms. The second kappa shape index (κ2) is 7.87. The molecule has 0 atom stereocenters. The molecular weight excluding hydrogens is 322 g/mol. The van der Waals surface area contributed by atoms with Crippen LogP contribution in [0.15, 0.2) is 30.5 Å². The minimum atomic E-state index is -2.89. The normalized spacial score (nSPS) is 10.7. The largest absolute Gasteiger partial charge is 0.433 e. The van der Waals surface area contributed by atoms with Crippen LogP contribution in [0.2, 0.25) is 0 Å². The maximum atomic E-state index is 12.5. The number of hydrogen-bond acceptors (Lipinski definition) is 3. The van der Waals surface area contributed by atoms with Gasteiger partial charge in [0.05, 0.1) is 17.9 Å². The molecule has 0 spiro atoms. The minimum Gasteiger partial charge on any atom is -0.433 e. The van der Waals surface area contributed by atoms with E-state index in [1.54, 1.807) is 19.1 Å². The number of anilines is 1. The maximum Gasteiger partial charge on any atom is 0.387 e. The van der Waals surface area contributed by atoms with Gasteiger partial charge in [0.25, 0.3) is 0 Å². The van der Waals surface area contributed by atoms with Gasteiger partial charge in [-0.05, 0) is 49.8 Å². The molecule has 2 N–H and O–H groups in total. The van der Waals surface area contributed by atoms with Gasteiger partial charge in [0.1, 0.15) is 5.75 Å².